The number of carbonyl (C=O) groups is 3. The SMILES string of the molecule is CC(=O)N1CCC(C(=O)OCC(=O)c2cc(C)n(-c3nc(C)cs3)c2C)(c2ccccc2)CC1. The fraction of sp³-hybridized carbons (Fsp3) is 0.385. The molecule has 1 saturated heterocycles. The number of hydrogen-bond donors (Lipinski definition) is 0. The minimum atomic E-state index is -0.872. The van der Waals surface area contributed by atoms with Gasteiger partial charge in [-0.25, -0.2) is 4.98 Å². The molecular formula is C26H29N3O4S. The number of rotatable bonds is 6. The first-order chi connectivity index (χ1) is 16.2. The maximum atomic E-state index is 13.4. The van der Waals surface area contributed by atoms with Crippen molar-refractivity contribution in [2.24, 2.45) is 0 Å². The Morgan fingerprint density at radius 3 is 2.35 bits per heavy atom. The molecule has 3 aromatic rings. The molecule has 0 aliphatic carbocycles. The van der Waals surface area contributed by atoms with Gasteiger partial charge in [0.25, 0.3) is 0 Å². The molecule has 0 N–H and O–H groups in total. The molecule has 8 heteroatoms. The van der Waals surface area contributed by atoms with Gasteiger partial charge in [-0.3, -0.25) is 19.0 Å². The Hall–Kier alpha value is -3.26. The third kappa shape index (κ3) is 4.42. The summed E-state index contributed by atoms with van der Waals surface area (Å²) < 4.78 is 7.60. The minimum absolute atomic E-state index is 0.00371. The van der Waals surface area contributed by atoms with Crippen molar-refractivity contribution in [3.05, 3.63) is 70.0 Å². The van der Waals surface area contributed by atoms with Crippen LogP contribution >= 0.6 is 11.3 Å². The Morgan fingerprint density at radius 2 is 1.76 bits per heavy atom. The van der Waals surface area contributed by atoms with Crippen molar-refractivity contribution < 1.29 is 19.1 Å². The summed E-state index contributed by atoms with van der Waals surface area (Å²) in [5.74, 6) is -0.666. The van der Waals surface area contributed by atoms with Gasteiger partial charge < -0.3 is 9.64 Å². The predicted molar refractivity (Wildman–Crippen MR) is 131 cm³/mol. The van der Waals surface area contributed by atoms with Gasteiger partial charge in [-0.05, 0) is 45.2 Å². The molecule has 0 saturated carbocycles. The lowest BCUT2D eigenvalue weighted by molar-refractivity contribution is -0.153. The summed E-state index contributed by atoms with van der Waals surface area (Å²) in [6.45, 7) is 7.90. The monoisotopic (exact) mass is 479 g/mol. The first kappa shape index (κ1) is 23.9. The molecule has 34 heavy (non-hydrogen) atoms. The molecule has 1 fully saturated rings. The van der Waals surface area contributed by atoms with E-state index in [0.717, 1.165) is 27.8 Å². The lowest BCUT2D eigenvalue weighted by Gasteiger charge is -2.40. The molecule has 0 spiro atoms. The topological polar surface area (TPSA) is 81.5 Å². The second-order valence-corrected chi connectivity index (χ2v) is 9.68. The van der Waals surface area contributed by atoms with Crippen molar-refractivity contribution in [2.45, 2.75) is 46.0 Å². The molecule has 1 aliphatic rings. The average Bonchev–Trinajstić information content (AvgIpc) is 3.39. The fourth-order valence-corrected chi connectivity index (χ4v) is 5.61. The molecule has 178 valence electrons. The number of Topliss-reactive ketones (excluding diaryl/α,β-unsaturated/α-hetero) is 1. The molecule has 0 unspecified atom stereocenters. The molecule has 0 radical (unpaired) electrons. The van der Waals surface area contributed by atoms with Gasteiger partial charge in [0.2, 0.25) is 11.7 Å². The summed E-state index contributed by atoms with van der Waals surface area (Å²) in [5.41, 5.74) is 3.12. The van der Waals surface area contributed by atoms with E-state index < -0.39 is 11.4 Å². The molecule has 7 nitrogen and oxygen atoms in total. The standard InChI is InChI=1S/C26H29N3O4S/c1-17-16-34-25(27-17)29-18(2)14-22(19(29)3)23(31)15-33-24(32)26(21-8-6-5-7-9-21)10-12-28(13-11-26)20(4)30/h5-9,14,16H,10-13,15H2,1-4H3. The molecule has 2 aromatic heterocycles. The van der Waals surface area contributed by atoms with Gasteiger partial charge in [0.1, 0.15) is 0 Å². The van der Waals surface area contributed by atoms with E-state index in [1.54, 1.807) is 4.90 Å². The van der Waals surface area contributed by atoms with Crippen molar-refractivity contribution in [1.82, 2.24) is 14.5 Å². The van der Waals surface area contributed by atoms with E-state index in [1.165, 1.54) is 18.3 Å². The van der Waals surface area contributed by atoms with Crippen LogP contribution in [-0.4, -0.2) is 51.8 Å². The summed E-state index contributed by atoms with van der Waals surface area (Å²) in [6.07, 6.45) is 0.920. The van der Waals surface area contributed by atoms with E-state index in [1.807, 2.05) is 67.1 Å². The Kier molecular flexibility index (Phi) is 6.70. The van der Waals surface area contributed by atoms with E-state index in [2.05, 4.69) is 4.98 Å². The third-order valence-electron chi connectivity index (χ3n) is 6.64. The van der Waals surface area contributed by atoms with Gasteiger partial charge in [0.05, 0.1) is 11.1 Å². The highest BCUT2D eigenvalue weighted by Crippen LogP contribution is 2.37. The first-order valence-corrected chi connectivity index (χ1v) is 12.2. The normalized spacial score (nSPS) is 15.2. The molecule has 4 rings (SSSR count). The van der Waals surface area contributed by atoms with Crippen LogP contribution in [0.5, 0.6) is 0 Å². The minimum Gasteiger partial charge on any atom is -0.457 e. The van der Waals surface area contributed by atoms with Crippen LogP contribution in [0.25, 0.3) is 5.13 Å². The van der Waals surface area contributed by atoms with E-state index in [0.29, 0.717) is 31.5 Å². The summed E-state index contributed by atoms with van der Waals surface area (Å²) in [6, 6.07) is 11.3. The number of amides is 1. The number of carbonyl (C=O) groups excluding carboxylic acids is 3. The van der Waals surface area contributed by atoms with Crippen molar-refractivity contribution >= 4 is 29.0 Å². The molecule has 0 bridgehead atoms. The number of aromatic nitrogens is 2. The zero-order valence-corrected chi connectivity index (χ0v) is 20.8. The van der Waals surface area contributed by atoms with E-state index >= 15 is 0 Å². The van der Waals surface area contributed by atoms with Gasteiger partial charge in [-0.1, -0.05) is 30.3 Å². The predicted octanol–water partition coefficient (Wildman–Crippen LogP) is 4.17. The van der Waals surface area contributed by atoms with E-state index in [9.17, 15) is 14.4 Å². The summed E-state index contributed by atoms with van der Waals surface area (Å²) in [5, 5.41) is 2.78. The Balaban J connectivity index is 1.53. The third-order valence-corrected chi connectivity index (χ3v) is 7.59. The highest BCUT2D eigenvalue weighted by atomic mass is 32.1. The van der Waals surface area contributed by atoms with Crippen molar-refractivity contribution in [3.8, 4) is 5.13 Å². The average molecular weight is 480 g/mol. The summed E-state index contributed by atoms with van der Waals surface area (Å²) in [4.78, 5) is 44.6. The largest absolute Gasteiger partial charge is 0.457 e. The highest BCUT2D eigenvalue weighted by molar-refractivity contribution is 7.12. The number of esters is 1. The van der Waals surface area contributed by atoms with Crippen LogP contribution in [0.2, 0.25) is 0 Å². The number of nitrogens with zero attached hydrogens (tertiary/aromatic N) is 3. The Morgan fingerprint density at radius 1 is 1.09 bits per heavy atom. The Bertz CT molecular complexity index is 1220. The quantitative estimate of drug-likeness (QED) is 0.392. The lowest BCUT2D eigenvalue weighted by atomic mass is 9.72. The number of benzene rings is 1. The summed E-state index contributed by atoms with van der Waals surface area (Å²) in [7, 11) is 0. The van der Waals surface area contributed by atoms with E-state index in [-0.39, 0.29) is 18.3 Å². The molecule has 1 aliphatic heterocycles. The van der Waals surface area contributed by atoms with Gasteiger partial charge >= 0.3 is 5.97 Å². The molecule has 0 atom stereocenters. The van der Waals surface area contributed by atoms with Crippen molar-refractivity contribution in [2.75, 3.05) is 19.7 Å². The molecule has 3 heterocycles. The number of piperidine rings is 1. The van der Waals surface area contributed by atoms with Gasteiger partial charge in [0.15, 0.2) is 11.7 Å². The number of ether oxygens (including phenoxy) is 1. The maximum Gasteiger partial charge on any atom is 0.317 e. The maximum absolute atomic E-state index is 13.4. The second kappa shape index (κ2) is 9.54. The van der Waals surface area contributed by atoms with E-state index in [4.69, 9.17) is 4.74 Å². The van der Waals surface area contributed by atoms with Crippen LogP contribution in [0.1, 0.15) is 52.8 Å². The van der Waals surface area contributed by atoms with Crippen LogP contribution in [-0.2, 0) is 19.7 Å². The van der Waals surface area contributed by atoms with Crippen LogP contribution in [0.3, 0.4) is 0 Å². The Labute approximate surface area is 203 Å². The van der Waals surface area contributed by atoms with Crippen molar-refractivity contribution in [3.63, 3.8) is 0 Å². The zero-order valence-electron chi connectivity index (χ0n) is 20.0. The molecular weight excluding hydrogens is 450 g/mol. The fourth-order valence-electron chi connectivity index (χ4n) is 4.70. The number of aryl methyl sites for hydroxylation is 2. The second-order valence-electron chi connectivity index (χ2n) is 8.85. The van der Waals surface area contributed by atoms with Gasteiger partial charge in [-0.15, -0.1) is 11.3 Å². The summed E-state index contributed by atoms with van der Waals surface area (Å²) >= 11 is 1.52. The van der Waals surface area contributed by atoms with Crippen LogP contribution in [0.15, 0.2) is 41.8 Å². The number of likely N-dealkylation sites (tertiary alicyclic amines) is 1. The smallest absolute Gasteiger partial charge is 0.317 e. The van der Waals surface area contributed by atoms with Crippen LogP contribution < -0.4 is 0 Å². The molecule has 1 aromatic carbocycles. The van der Waals surface area contributed by atoms with Crippen LogP contribution in [0, 0.1) is 20.8 Å². The number of hydrogen-bond acceptors (Lipinski definition) is 6. The molecule has 1 amide bonds. The van der Waals surface area contributed by atoms with Gasteiger partial charge in [0, 0.05) is 42.3 Å². The number of thiazole rings is 1. The highest BCUT2D eigenvalue weighted by Gasteiger charge is 2.45. The lowest BCUT2D eigenvalue weighted by Crippen LogP contribution is -2.49. The number of ketones is 1. The van der Waals surface area contributed by atoms with Crippen molar-refractivity contribution in [1.29, 1.82) is 0 Å². The first-order valence-electron chi connectivity index (χ1n) is 11.4. The van der Waals surface area contributed by atoms with Crippen LogP contribution in [0.4, 0.5) is 0 Å². The van der Waals surface area contributed by atoms with Gasteiger partial charge in [-0.2, -0.15) is 0 Å². The zero-order chi connectivity index (χ0) is 24.5.